The summed E-state index contributed by atoms with van der Waals surface area (Å²) in [5.41, 5.74) is -0.798. The molecule has 0 radical (unpaired) electrons. The summed E-state index contributed by atoms with van der Waals surface area (Å²) in [5.74, 6) is -0.00705. The molecule has 1 unspecified atom stereocenters. The van der Waals surface area contributed by atoms with Gasteiger partial charge in [0.05, 0.1) is 18.1 Å². The van der Waals surface area contributed by atoms with E-state index >= 15 is 0 Å². The van der Waals surface area contributed by atoms with Crippen LogP contribution in [0.5, 0.6) is 0 Å². The van der Waals surface area contributed by atoms with E-state index in [1.165, 1.54) is 12.3 Å². The van der Waals surface area contributed by atoms with E-state index in [2.05, 4.69) is 20.6 Å². The number of likely N-dealkylation sites (tertiary alicyclic amines) is 1. The molecule has 7 nitrogen and oxygen atoms in total. The van der Waals surface area contributed by atoms with Crippen LogP contribution in [0, 0.1) is 5.92 Å². The summed E-state index contributed by atoms with van der Waals surface area (Å²) in [4.78, 5) is 21.9. The van der Waals surface area contributed by atoms with Gasteiger partial charge in [0.2, 0.25) is 0 Å². The Labute approximate surface area is 162 Å². The lowest BCUT2D eigenvalue weighted by molar-refractivity contribution is -0.149. The van der Waals surface area contributed by atoms with Gasteiger partial charge in [-0.3, -0.25) is 9.79 Å². The largest absolute Gasteiger partial charge is 0.466 e. The Morgan fingerprint density at radius 3 is 2.89 bits per heavy atom. The number of piperidine rings is 1. The quantitative estimate of drug-likeness (QED) is 0.330. The second kappa shape index (κ2) is 10.1. The Kier molecular flexibility index (Phi) is 7.89. The lowest BCUT2D eigenvalue weighted by Gasteiger charge is -2.34. The van der Waals surface area contributed by atoms with E-state index in [9.17, 15) is 18.0 Å². The van der Waals surface area contributed by atoms with Crippen LogP contribution in [0.25, 0.3) is 0 Å². The smallest absolute Gasteiger partial charge is 0.419 e. The highest BCUT2D eigenvalue weighted by atomic mass is 19.4. The van der Waals surface area contributed by atoms with Crippen LogP contribution in [0.3, 0.4) is 0 Å². The molecule has 2 N–H and O–H groups in total. The maximum absolute atomic E-state index is 13.0. The number of nitrogens with one attached hydrogen (secondary N) is 2. The molecule has 0 bridgehead atoms. The average molecular weight is 401 g/mol. The number of alkyl halides is 3. The Morgan fingerprint density at radius 2 is 2.21 bits per heavy atom. The highest BCUT2D eigenvalue weighted by Crippen LogP contribution is 2.33. The first kappa shape index (κ1) is 21.8. The van der Waals surface area contributed by atoms with E-state index in [1.54, 1.807) is 14.0 Å². The normalized spacial score (nSPS) is 18.0. The van der Waals surface area contributed by atoms with E-state index in [0.29, 0.717) is 25.7 Å². The van der Waals surface area contributed by atoms with Crippen molar-refractivity contribution in [2.24, 2.45) is 10.9 Å². The summed E-state index contributed by atoms with van der Waals surface area (Å²) >= 11 is 0. The minimum absolute atomic E-state index is 0.201. The summed E-state index contributed by atoms with van der Waals surface area (Å²) in [6.07, 6.45) is -1.54. The van der Waals surface area contributed by atoms with Crippen LogP contribution >= 0.6 is 0 Å². The Balaban J connectivity index is 1.86. The van der Waals surface area contributed by atoms with Crippen molar-refractivity contribution in [2.45, 2.75) is 25.9 Å². The monoisotopic (exact) mass is 401 g/mol. The highest BCUT2D eigenvalue weighted by Gasteiger charge is 2.34. The van der Waals surface area contributed by atoms with Crippen molar-refractivity contribution in [3.05, 3.63) is 23.9 Å². The lowest BCUT2D eigenvalue weighted by Crippen LogP contribution is -2.49. The first-order valence-electron chi connectivity index (χ1n) is 9.25. The number of halogens is 3. The Bertz CT molecular complexity index is 681. The third kappa shape index (κ3) is 6.00. The number of carbonyl (C=O) groups excluding carboxylic acids is 1. The molecule has 2 rings (SSSR count). The third-order valence-electron chi connectivity index (χ3n) is 4.37. The second-order valence-electron chi connectivity index (χ2n) is 6.34. The number of rotatable bonds is 6. The molecule has 1 aromatic heterocycles. The molecule has 0 spiro atoms. The van der Waals surface area contributed by atoms with Crippen LogP contribution in [-0.4, -0.2) is 61.6 Å². The predicted octanol–water partition coefficient (Wildman–Crippen LogP) is 2.36. The molecular formula is C18H26F3N5O2. The van der Waals surface area contributed by atoms with Crippen molar-refractivity contribution < 1.29 is 22.7 Å². The van der Waals surface area contributed by atoms with E-state index in [-0.39, 0.29) is 24.2 Å². The summed E-state index contributed by atoms with van der Waals surface area (Å²) in [5, 5.41) is 5.82. The molecule has 156 valence electrons. The number of pyridine rings is 1. The predicted molar refractivity (Wildman–Crippen MR) is 100 cm³/mol. The lowest BCUT2D eigenvalue weighted by atomic mass is 9.98. The Morgan fingerprint density at radius 1 is 1.43 bits per heavy atom. The number of aromatic nitrogens is 1. The molecule has 1 atom stereocenters. The SMILES string of the molecule is CCOC(=O)C1CCCN(C(=NC)NCCNc2ncccc2C(F)(F)F)C1. The fourth-order valence-corrected chi connectivity index (χ4v) is 3.08. The summed E-state index contributed by atoms with van der Waals surface area (Å²) in [6.45, 7) is 3.96. The molecular weight excluding hydrogens is 375 g/mol. The van der Waals surface area contributed by atoms with Gasteiger partial charge in [-0.25, -0.2) is 4.98 Å². The highest BCUT2D eigenvalue weighted by molar-refractivity contribution is 5.81. The number of anilines is 1. The van der Waals surface area contributed by atoms with Crippen molar-refractivity contribution in [2.75, 3.05) is 45.2 Å². The molecule has 0 aliphatic carbocycles. The zero-order valence-electron chi connectivity index (χ0n) is 16.1. The second-order valence-corrected chi connectivity index (χ2v) is 6.34. The number of esters is 1. The summed E-state index contributed by atoms with van der Waals surface area (Å²) in [7, 11) is 1.63. The summed E-state index contributed by atoms with van der Waals surface area (Å²) in [6, 6.07) is 2.25. The van der Waals surface area contributed by atoms with Gasteiger partial charge < -0.3 is 20.3 Å². The van der Waals surface area contributed by atoms with Crippen LogP contribution in [0.15, 0.2) is 23.3 Å². The van der Waals surface area contributed by atoms with Gasteiger partial charge in [0.15, 0.2) is 5.96 Å². The molecule has 1 fully saturated rings. The van der Waals surface area contributed by atoms with Crippen LogP contribution in [0.2, 0.25) is 0 Å². The number of ether oxygens (including phenoxy) is 1. The minimum atomic E-state index is -4.46. The van der Waals surface area contributed by atoms with Gasteiger partial charge in [-0.1, -0.05) is 0 Å². The van der Waals surface area contributed by atoms with Crippen LogP contribution < -0.4 is 10.6 Å². The molecule has 28 heavy (non-hydrogen) atoms. The zero-order chi connectivity index (χ0) is 20.6. The fraction of sp³-hybridized carbons (Fsp3) is 0.611. The topological polar surface area (TPSA) is 78.8 Å². The van der Waals surface area contributed by atoms with Gasteiger partial charge in [0, 0.05) is 39.4 Å². The molecule has 1 aliphatic rings. The summed E-state index contributed by atoms with van der Waals surface area (Å²) < 4.78 is 44.0. The first-order chi connectivity index (χ1) is 13.4. The molecule has 1 aromatic rings. The Hall–Kier alpha value is -2.52. The maximum atomic E-state index is 13.0. The molecule has 2 heterocycles. The van der Waals surface area contributed by atoms with Crippen molar-refractivity contribution in [3.63, 3.8) is 0 Å². The molecule has 0 saturated carbocycles. The van der Waals surface area contributed by atoms with Crippen molar-refractivity contribution >= 4 is 17.7 Å². The number of guanidine groups is 1. The van der Waals surface area contributed by atoms with Crippen molar-refractivity contribution in [3.8, 4) is 0 Å². The van der Waals surface area contributed by atoms with Crippen LogP contribution in [-0.2, 0) is 15.7 Å². The first-order valence-corrected chi connectivity index (χ1v) is 9.25. The van der Waals surface area contributed by atoms with Gasteiger partial charge in [0.25, 0.3) is 0 Å². The van der Waals surface area contributed by atoms with Crippen molar-refractivity contribution in [1.82, 2.24) is 15.2 Å². The zero-order valence-corrected chi connectivity index (χ0v) is 16.1. The molecule has 10 heteroatoms. The third-order valence-corrected chi connectivity index (χ3v) is 4.37. The standard InChI is InChI=1S/C18H26F3N5O2/c1-3-28-16(27)13-6-5-11-26(12-13)17(22-2)25-10-9-24-15-14(18(19,20)21)7-4-8-23-15/h4,7-8,13H,3,5-6,9-12H2,1-2H3,(H,22,25)(H,23,24). The number of hydrogen-bond acceptors (Lipinski definition) is 5. The number of nitrogens with zero attached hydrogens (tertiary/aromatic N) is 3. The molecule has 1 saturated heterocycles. The fourth-order valence-electron chi connectivity index (χ4n) is 3.08. The van der Waals surface area contributed by atoms with E-state index < -0.39 is 11.7 Å². The van der Waals surface area contributed by atoms with E-state index in [4.69, 9.17) is 4.74 Å². The minimum Gasteiger partial charge on any atom is -0.466 e. The number of aliphatic imine (C=N–C) groups is 1. The van der Waals surface area contributed by atoms with Gasteiger partial charge in [-0.15, -0.1) is 0 Å². The van der Waals surface area contributed by atoms with E-state index in [1.807, 2.05) is 4.90 Å². The van der Waals surface area contributed by atoms with Gasteiger partial charge in [-0.05, 0) is 31.9 Å². The van der Waals surface area contributed by atoms with Gasteiger partial charge in [0.1, 0.15) is 5.82 Å². The molecule has 1 aliphatic heterocycles. The van der Waals surface area contributed by atoms with Gasteiger partial charge >= 0.3 is 12.1 Å². The number of hydrogen-bond donors (Lipinski definition) is 2. The average Bonchev–Trinajstić information content (AvgIpc) is 2.68. The van der Waals surface area contributed by atoms with Crippen molar-refractivity contribution in [1.29, 1.82) is 0 Å². The number of carbonyl (C=O) groups is 1. The van der Waals surface area contributed by atoms with E-state index in [0.717, 1.165) is 25.5 Å². The van der Waals surface area contributed by atoms with Crippen LogP contribution in [0.4, 0.5) is 19.0 Å². The molecule has 0 aromatic carbocycles. The van der Waals surface area contributed by atoms with Gasteiger partial charge in [-0.2, -0.15) is 13.2 Å². The maximum Gasteiger partial charge on any atom is 0.419 e. The van der Waals surface area contributed by atoms with Crippen LogP contribution in [0.1, 0.15) is 25.3 Å². The molecule has 0 amide bonds.